The van der Waals surface area contributed by atoms with E-state index in [4.69, 9.17) is 0 Å². The van der Waals surface area contributed by atoms with Crippen LogP contribution in [0.3, 0.4) is 0 Å². The van der Waals surface area contributed by atoms with Gasteiger partial charge in [-0.1, -0.05) is 187 Å². The molecule has 0 saturated heterocycles. The number of rotatable bonds is 10. The van der Waals surface area contributed by atoms with Gasteiger partial charge in [-0.05, 0) is 107 Å². The summed E-state index contributed by atoms with van der Waals surface area (Å²) in [6.07, 6.45) is 27.8. The SMILES string of the molecule is CCCC1(Cc2cc3c(-c4ccc5ccccc5c4)cccc3[cH-]2)CCCCCCC1.CCCC1(Cc2cc3c(-c4ccc5ccccc5c4)cccc3[cH-]2)CCCCCCC1.Cl.Cl.[CH3-].[CH3-].[Si]=[Zr]. The van der Waals surface area contributed by atoms with Crippen molar-refractivity contribution in [3.63, 3.8) is 0 Å². The van der Waals surface area contributed by atoms with Crippen molar-refractivity contribution in [2.45, 2.75) is 142 Å². The number of halogens is 2. The second-order valence-electron chi connectivity index (χ2n) is 19.9. The fourth-order valence-electron chi connectivity index (χ4n) is 12.3. The molecule has 0 aromatic heterocycles. The Balaban J connectivity index is 0.000000271. The van der Waals surface area contributed by atoms with Gasteiger partial charge in [-0.2, -0.15) is 12.1 Å². The first-order valence-electron chi connectivity index (χ1n) is 25.1. The van der Waals surface area contributed by atoms with Gasteiger partial charge in [-0.3, -0.25) is 0 Å². The summed E-state index contributed by atoms with van der Waals surface area (Å²) < 4.78 is 0. The monoisotopic (exact) mass is 1030 g/mol. The van der Waals surface area contributed by atoms with Gasteiger partial charge in [0.25, 0.3) is 0 Å². The standard InChI is InChI=1S/2C31H35.2CH3.2ClH.Si.Zr/c2*1-2-17-31(18-8-4-3-5-9-19-31)23-24-20-27-13-10-14-29(30(27)21-24)28-16-15-25-11-6-7-12-26(25)22-28;;;;;;/h2*6-7,10-16,20-22H,2-5,8-9,17-19,23H2,1H3;2*1H3;2*1H;;/q4*-1;;;;. The zero-order chi connectivity index (χ0) is 44.2. The van der Waals surface area contributed by atoms with Crippen molar-refractivity contribution in [3.05, 3.63) is 172 Å². The average Bonchev–Trinajstić information content (AvgIpc) is 3.93. The Kier molecular flexibility index (Phi) is 23.6. The van der Waals surface area contributed by atoms with Crippen LogP contribution in [0.15, 0.2) is 146 Å². The molecule has 10 rings (SSSR count). The molecule has 2 aliphatic carbocycles. The van der Waals surface area contributed by atoms with Crippen LogP contribution in [0, 0.1) is 25.7 Å². The van der Waals surface area contributed by atoms with E-state index in [9.17, 15) is 0 Å². The summed E-state index contributed by atoms with van der Waals surface area (Å²) in [5.41, 5.74) is 9.54. The molecule has 2 saturated carbocycles. The van der Waals surface area contributed by atoms with Crippen LogP contribution < -0.4 is 0 Å². The van der Waals surface area contributed by atoms with E-state index in [1.54, 1.807) is 11.1 Å². The van der Waals surface area contributed by atoms with Gasteiger partial charge in [0, 0.05) is 0 Å². The van der Waals surface area contributed by atoms with E-state index < -0.39 is 0 Å². The third-order valence-electron chi connectivity index (χ3n) is 15.3. The van der Waals surface area contributed by atoms with Gasteiger partial charge in [0.15, 0.2) is 0 Å². The molecule has 0 bridgehead atoms. The number of hydrogen-bond donors (Lipinski definition) is 0. The van der Waals surface area contributed by atoms with E-state index in [1.165, 1.54) is 217 Å². The Morgan fingerprint density at radius 3 is 1.15 bits per heavy atom. The van der Waals surface area contributed by atoms with Crippen molar-refractivity contribution < 1.29 is 23.3 Å². The second-order valence-corrected chi connectivity index (χ2v) is 19.9. The Morgan fingerprint density at radius 2 is 0.779 bits per heavy atom. The van der Waals surface area contributed by atoms with E-state index in [2.05, 4.69) is 166 Å². The summed E-state index contributed by atoms with van der Waals surface area (Å²) >= 11 is 1.36. The molecular formula is C64H78Cl2SiZr-4. The predicted molar refractivity (Wildman–Crippen MR) is 305 cm³/mol. The van der Waals surface area contributed by atoms with E-state index >= 15 is 0 Å². The zero-order valence-electron chi connectivity index (χ0n) is 41.8. The molecule has 0 heterocycles. The Bertz CT molecular complexity index is 2540. The fourth-order valence-corrected chi connectivity index (χ4v) is 12.3. The van der Waals surface area contributed by atoms with Crippen LogP contribution in [0.1, 0.15) is 141 Å². The topological polar surface area (TPSA) is 0 Å². The molecule has 8 aromatic rings. The molecule has 2 radical (unpaired) electrons. The maximum atomic E-state index is 3.06. The predicted octanol–water partition coefficient (Wildman–Crippen LogP) is 20.3. The van der Waals surface area contributed by atoms with E-state index in [0.29, 0.717) is 10.8 Å². The van der Waals surface area contributed by atoms with Crippen LogP contribution in [0.25, 0.3) is 65.3 Å². The molecule has 0 unspecified atom stereocenters. The van der Waals surface area contributed by atoms with Crippen molar-refractivity contribution in [2.75, 3.05) is 0 Å². The molecule has 0 atom stereocenters. The van der Waals surface area contributed by atoms with Gasteiger partial charge in [-0.15, -0.1) is 93.9 Å². The van der Waals surface area contributed by atoms with E-state index in [0.717, 1.165) is 0 Å². The Morgan fingerprint density at radius 1 is 0.426 bits per heavy atom. The molecule has 0 aliphatic heterocycles. The normalized spacial score (nSPS) is 15.5. The number of benzene rings is 6. The van der Waals surface area contributed by atoms with Crippen molar-refractivity contribution in [1.29, 1.82) is 0 Å². The summed E-state index contributed by atoms with van der Waals surface area (Å²) in [5.74, 6) is 0. The molecule has 4 heteroatoms. The zero-order valence-corrected chi connectivity index (χ0v) is 46.9. The van der Waals surface area contributed by atoms with Gasteiger partial charge in [-0.25, -0.2) is 0 Å². The van der Waals surface area contributed by atoms with Gasteiger partial charge in [0.2, 0.25) is 0 Å². The van der Waals surface area contributed by atoms with Crippen molar-refractivity contribution in [3.8, 4) is 22.3 Å². The van der Waals surface area contributed by atoms with Crippen LogP contribution in [0.4, 0.5) is 0 Å². The molecule has 8 aromatic carbocycles. The first-order chi connectivity index (χ1) is 31.5. The third-order valence-corrected chi connectivity index (χ3v) is 15.3. The molecule has 0 N–H and O–H groups in total. The van der Waals surface area contributed by atoms with Crippen LogP contribution in [0.2, 0.25) is 0 Å². The van der Waals surface area contributed by atoms with Crippen molar-refractivity contribution in [2.24, 2.45) is 10.8 Å². The summed E-state index contributed by atoms with van der Waals surface area (Å²) in [6.45, 7) is 7.81. The third kappa shape index (κ3) is 14.0. The second kappa shape index (κ2) is 28.0. The van der Waals surface area contributed by atoms with Gasteiger partial charge in [0.1, 0.15) is 0 Å². The van der Waals surface area contributed by atoms with Crippen LogP contribution >= 0.6 is 24.8 Å². The molecule has 0 nitrogen and oxygen atoms in total. The van der Waals surface area contributed by atoms with E-state index in [1.807, 2.05) is 0 Å². The summed E-state index contributed by atoms with van der Waals surface area (Å²) in [6, 6.07) is 54.8. The molecule has 68 heavy (non-hydrogen) atoms. The van der Waals surface area contributed by atoms with Crippen LogP contribution in [-0.2, 0) is 36.2 Å². The average molecular weight is 1040 g/mol. The quantitative estimate of drug-likeness (QED) is 0.0946. The molecule has 360 valence electrons. The molecule has 0 amide bonds. The van der Waals surface area contributed by atoms with E-state index in [-0.39, 0.29) is 39.7 Å². The summed E-state index contributed by atoms with van der Waals surface area (Å²) in [5, 5.41) is 10.9. The molecule has 2 fully saturated rings. The summed E-state index contributed by atoms with van der Waals surface area (Å²) in [7, 11) is 0. The van der Waals surface area contributed by atoms with Crippen LogP contribution in [-0.4, -0.2) is 6.88 Å². The molecule has 0 spiro atoms. The van der Waals surface area contributed by atoms with Crippen LogP contribution in [0.5, 0.6) is 0 Å². The maximum absolute atomic E-state index is 3.06. The van der Waals surface area contributed by atoms with Gasteiger partial charge >= 0.3 is 30.2 Å². The number of hydrogen-bond acceptors (Lipinski definition) is 0. The Labute approximate surface area is 441 Å². The minimum atomic E-state index is 0. The van der Waals surface area contributed by atoms with Crippen molar-refractivity contribution in [1.82, 2.24) is 0 Å². The van der Waals surface area contributed by atoms with Gasteiger partial charge in [0.05, 0.1) is 0 Å². The van der Waals surface area contributed by atoms with Gasteiger partial charge < -0.3 is 14.9 Å². The summed E-state index contributed by atoms with van der Waals surface area (Å²) in [4.78, 5) is 0. The molecule has 2 aliphatic rings. The first-order valence-corrected chi connectivity index (χ1v) is 29.3. The van der Waals surface area contributed by atoms with Crippen molar-refractivity contribution >= 4 is 74.8 Å². The molecular weight excluding hydrogens is 959 g/mol. The number of fused-ring (bicyclic) bond motifs is 4. The minimum absolute atomic E-state index is 0. The fraction of sp³-hybridized carbons (Fsp3) is 0.375. The Hall–Kier alpha value is -3.26. The first kappa shape index (κ1) is 57.3.